The number of hydrogen-bond acceptors (Lipinski definition) is 5. The van der Waals surface area contributed by atoms with E-state index >= 15 is 0 Å². The number of aliphatic carboxylic acids is 1. The Bertz CT molecular complexity index is 755. The van der Waals surface area contributed by atoms with Crippen molar-refractivity contribution in [1.82, 2.24) is 15.5 Å². The summed E-state index contributed by atoms with van der Waals surface area (Å²) in [5.41, 5.74) is -0.386. The molecule has 7 nitrogen and oxygen atoms in total. The van der Waals surface area contributed by atoms with Crippen molar-refractivity contribution >= 4 is 11.9 Å². The Morgan fingerprint density at radius 3 is 2.78 bits per heavy atom. The highest BCUT2D eigenvalue weighted by Crippen LogP contribution is 2.35. The molecule has 2 N–H and O–H groups in total. The molecule has 0 atom stereocenters. The van der Waals surface area contributed by atoms with Crippen molar-refractivity contribution in [3.8, 4) is 11.5 Å². The lowest BCUT2D eigenvalue weighted by molar-refractivity contribution is -0.139. The number of rotatable bonds is 5. The maximum absolute atomic E-state index is 13.2. The lowest BCUT2D eigenvalue weighted by Crippen LogP contribution is -2.54. The highest BCUT2D eigenvalue weighted by atomic mass is 19.1. The third-order valence-corrected chi connectivity index (χ3v) is 3.88. The largest absolute Gasteiger partial charge is 0.481 e. The molecule has 0 bridgehead atoms. The smallest absolute Gasteiger partial charge is 0.305 e. The predicted molar refractivity (Wildman–Crippen MR) is 76.0 cm³/mol. The summed E-state index contributed by atoms with van der Waals surface area (Å²) in [5.74, 6) is -2.21. The van der Waals surface area contributed by atoms with E-state index in [1.165, 1.54) is 18.2 Å². The standard InChI is InChI=1S/C15H14FN3O4/c16-10-4-1-3-9(7-10)14-17-12(19-23-14)13(22)18-15(5-2-6-15)8-11(20)21/h1,3-4,7H,2,5-6,8H2,(H,18,22)(H,20,21). The summed E-state index contributed by atoms with van der Waals surface area (Å²) in [4.78, 5) is 27.0. The van der Waals surface area contributed by atoms with Crippen molar-refractivity contribution in [2.45, 2.75) is 31.2 Å². The van der Waals surface area contributed by atoms with Crippen LogP contribution >= 0.6 is 0 Å². The normalized spacial score (nSPS) is 15.7. The lowest BCUT2D eigenvalue weighted by Gasteiger charge is -2.41. The van der Waals surface area contributed by atoms with E-state index in [2.05, 4.69) is 15.5 Å². The van der Waals surface area contributed by atoms with Gasteiger partial charge in [-0.1, -0.05) is 11.2 Å². The van der Waals surface area contributed by atoms with Gasteiger partial charge < -0.3 is 14.9 Å². The van der Waals surface area contributed by atoms with Crippen LogP contribution in [0.25, 0.3) is 11.5 Å². The Morgan fingerprint density at radius 2 is 2.17 bits per heavy atom. The van der Waals surface area contributed by atoms with Crippen molar-refractivity contribution in [2.24, 2.45) is 0 Å². The van der Waals surface area contributed by atoms with E-state index in [0.29, 0.717) is 18.4 Å². The van der Waals surface area contributed by atoms with Gasteiger partial charge in [0.2, 0.25) is 0 Å². The highest BCUT2D eigenvalue weighted by Gasteiger charge is 2.41. The molecule has 1 aromatic heterocycles. The average molecular weight is 319 g/mol. The molecule has 0 aliphatic heterocycles. The van der Waals surface area contributed by atoms with Crippen LogP contribution in [0.4, 0.5) is 4.39 Å². The topological polar surface area (TPSA) is 105 Å². The van der Waals surface area contributed by atoms with Gasteiger partial charge in [-0.05, 0) is 37.5 Å². The van der Waals surface area contributed by atoms with Crippen LogP contribution in [0.2, 0.25) is 0 Å². The van der Waals surface area contributed by atoms with Crippen molar-refractivity contribution < 1.29 is 23.6 Å². The van der Waals surface area contributed by atoms with E-state index in [-0.39, 0.29) is 18.1 Å². The first-order valence-corrected chi connectivity index (χ1v) is 7.11. The maximum Gasteiger partial charge on any atom is 0.305 e. The quantitative estimate of drug-likeness (QED) is 0.873. The van der Waals surface area contributed by atoms with E-state index < -0.39 is 23.2 Å². The van der Waals surface area contributed by atoms with Gasteiger partial charge in [-0.2, -0.15) is 4.98 Å². The molecule has 1 aliphatic carbocycles. The van der Waals surface area contributed by atoms with E-state index in [0.717, 1.165) is 6.42 Å². The van der Waals surface area contributed by atoms with Crippen LogP contribution in [0.15, 0.2) is 28.8 Å². The van der Waals surface area contributed by atoms with Gasteiger partial charge in [-0.15, -0.1) is 0 Å². The molecular formula is C15H14FN3O4. The summed E-state index contributed by atoms with van der Waals surface area (Å²) in [6.07, 6.45) is 1.90. The van der Waals surface area contributed by atoms with Crippen molar-refractivity contribution in [3.05, 3.63) is 35.9 Å². The first-order valence-electron chi connectivity index (χ1n) is 7.11. The number of carbonyl (C=O) groups excluding carboxylic acids is 1. The molecule has 1 aliphatic rings. The van der Waals surface area contributed by atoms with Crippen LogP contribution in [-0.4, -0.2) is 32.7 Å². The molecule has 23 heavy (non-hydrogen) atoms. The Morgan fingerprint density at radius 1 is 1.39 bits per heavy atom. The molecule has 1 heterocycles. The molecular weight excluding hydrogens is 305 g/mol. The molecule has 8 heteroatoms. The zero-order valence-electron chi connectivity index (χ0n) is 12.1. The minimum absolute atomic E-state index is 0.0237. The molecule has 2 aromatic rings. The van der Waals surface area contributed by atoms with Gasteiger partial charge >= 0.3 is 5.97 Å². The van der Waals surface area contributed by atoms with Crippen molar-refractivity contribution in [2.75, 3.05) is 0 Å². The number of hydrogen-bond donors (Lipinski definition) is 2. The first kappa shape index (κ1) is 15.1. The van der Waals surface area contributed by atoms with E-state index in [1.807, 2.05) is 0 Å². The predicted octanol–water partition coefficient (Wildman–Crippen LogP) is 2.00. The first-order chi connectivity index (χ1) is 11.0. The number of aromatic nitrogens is 2. The van der Waals surface area contributed by atoms with Crippen LogP contribution in [-0.2, 0) is 4.79 Å². The minimum Gasteiger partial charge on any atom is -0.481 e. The summed E-state index contributed by atoms with van der Waals surface area (Å²) in [6.45, 7) is 0. The van der Waals surface area contributed by atoms with Crippen molar-refractivity contribution in [3.63, 3.8) is 0 Å². The van der Waals surface area contributed by atoms with Gasteiger partial charge in [-0.3, -0.25) is 9.59 Å². The molecule has 120 valence electrons. The maximum atomic E-state index is 13.2. The second kappa shape index (κ2) is 5.79. The Hall–Kier alpha value is -2.77. The molecule has 1 fully saturated rings. The molecule has 1 aromatic carbocycles. The number of carboxylic acid groups (broad SMARTS) is 1. The van der Waals surface area contributed by atoms with Gasteiger partial charge in [-0.25, -0.2) is 4.39 Å². The summed E-state index contributed by atoms with van der Waals surface area (Å²) in [6, 6.07) is 5.56. The van der Waals surface area contributed by atoms with E-state index in [9.17, 15) is 14.0 Å². The van der Waals surface area contributed by atoms with E-state index in [4.69, 9.17) is 9.63 Å². The molecule has 3 rings (SSSR count). The average Bonchev–Trinajstić information content (AvgIpc) is 2.94. The second-order valence-corrected chi connectivity index (χ2v) is 5.59. The van der Waals surface area contributed by atoms with Crippen LogP contribution < -0.4 is 5.32 Å². The van der Waals surface area contributed by atoms with Crippen molar-refractivity contribution in [1.29, 1.82) is 0 Å². The number of carbonyl (C=O) groups is 2. The number of nitrogens with one attached hydrogen (secondary N) is 1. The summed E-state index contributed by atoms with van der Waals surface area (Å²) in [5, 5.41) is 15.2. The number of nitrogens with zero attached hydrogens (tertiary/aromatic N) is 2. The third-order valence-electron chi connectivity index (χ3n) is 3.88. The molecule has 0 saturated heterocycles. The number of carboxylic acids is 1. The molecule has 0 unspecified atom stereocenters. The Kier molecular flexibility index (Phi) is 3.81. The number of halogens is 1. The van der Waals surface area contributed by atoms with Gasteiger partial charge in [0.05, 0.1) is 12.0 Å². The zero-order chi connectivity index (χ0) is 16.4. The third kappa shape index (κ3) is 3.20. The minimum atomic E-state index is -0.974. The van der Waals surface area contributed by atoms with Gasteiger partial charge in [0, 0.05) is 5.56 Å². The highest BCUT2D eigenvalue weighted by molar-refractivity contribution is 5.91. The molecule has 1 amide bonds. The zero-order valence-corrected chi connectivity index (χ0v) is 12.1. The Balaban J connectivity index is 1.75. The monoisotopic (exact) mass is 319 g/mol. The fourth-order valence-corrected chi connectivity index (χ4v) is 2.59. The van der Waals surface area contributed by atoms with Crippen LogP contribution in [0.3, 0.4) is 0 Å². The summed E-state index contributed by atoms with van der Waals surface area (Å²) >= 11 is 0. The number of amides is 1. The van der Waals surface area contributed by atoms with Crippen LogP contribution in [0.1, 0.15) is 36.3 Å². The van der Waals surface area contributed by atoms with Gasteiger partial charge in [0.1, 0.15) is 5.82 Å². The van der Waals surface area contributed by atoms with Crippen LogP contribution in [0, 0.1) is 5.82 Å². The Labute approximate surface area is 130 Å². The lowest BCUT2D eigenvalue weighted by atomic mass is 9.74. The van der Waals surface area contributed by atoms with E-state index in [1.54, 1.807) is 6.07 Å². The molecule has 0 radical (unpaired) electrons. The summed E-state index contributed by atoms with van der Waals surface area (Å²) < 4.78 is 18.2. The van der Waals surface area contributed by atoms with Gasteiger partial charge in [0.25, 0.3) is 17.6 Å². The molecule has 1 saturated carbocycles. The SMILES string of the molecule is O=C(O)CC1(NC(=O)c2noc(-c3cccc(F)c3)n2)CCC1. The summed E-state index contributed by atoms with van der Waals surface area (Å²) in [7, 11) is 0. The fraction of sp³-hybridized carbons (Fsp3) is 0.333. The van der Waals surface area contributed by atoms with Crippen LogP contribution in [0.5, 0.6) is 0 Å². The number of benzene rings is 1. The fourth-order valence-electron chi connectivity index (χ4n) is 2.59. The second-order valence-electron chi connectivity index (χ2n) is 5.59. The van der Waals surface area contributed by atoms with Gasteiger partial charge in [0.15, 0.2) is 0 Å². The molecule has 0 spiro atoms.